The first kappa shape index (κ1) is 28.0. The highest BCUT2D eigenvalue weighted by Crippen LogP contribution is 2.29. The standard InChI is InChI=1S/C23H25NO6S.CO2/c1-17-11-13-20(14-12-17)31(27,28)24(15-7-10-22(25)29-3)21-9-6-5-8-19(21)16-18(2)23(26)30-4;2-1-3/h5-14,16H,15H2,1-4H3;/b10-7+,18-16+;. The quantitative estimate of drug-likeness (QED) is 0.411. The number of aryl methyl sites for hydroxylation is 1. The number of para-hydroxylation sites is 1. The topological polar surface area (TPSA) is 124 Å². The number of rotatable bonds is 8. The van der Waals surface area contributed by atoms with Crippen LogP contribution in [0.4, 0.5) is 5.69 Å². The molecule has 0 atom stereocenters. The predicted molar refractivity (Wildman–Crippen MR) is 124 cm³/mol. The predicted octanol–water partition coefficient (Wildman–Crippen LogP) is 2.91. The summed E-state index contributed by atoms with van der Waals surface area (Å²) < 4.78 is 37.5. The Bertz CT molecular complexity index is 1190. The molecule has 0 heterocycles. The summed E-state index contributed by atoms with van der Waals surface area (Å²) in [6, 6.07) is 13.2. The minimum absolute atomic E-state index is 0.105. The van der Waals surface area contributed by atoms with Crippen LogP contribution in [0.15, 0.2) is 71.2 Å². The van der Waals surface area contributed by atoms with Gasteiger partial charge in [-0.2, -0.15) is 9.59 Å². The molecule has 0 aliphatic rings. The molecule has 0 bridgehead atoms. The zero-order chi connectivity index (χ0) is 25.7. The van der Waals surface area contributed by atoms with Crippen molar-refractivity contribution in [2.24, 2.45) is 0 Å². The molecular formula is C24H25NO8S. The maximum atomic E-state index is 13.5. The molecule has 0 unspecified atom stereocenters. The van der Waals surface area contributed by atoms with Gasteiger partial charge >= 0.3 is 18.1 Å². The lowest BCUT2D eigenvalue weighted by Gasteiger charge is -2.25. The molecule has 0 amide bonds. The Morgan fingerprint density at radius 1 is 1.00 bits per heavy atom. The van der Waals surface area contributed by atoms with E-state index in [1.54, 1.807) is 49.4 Å². The van der Waals surface area contributed by atoms with E-state index >= 15 is 0 Å². The molecule has 0 radical (unpaired) electrons. The molecule has 9 nitrogen and oxygen atoms in total. The third kappa shape index (κ3) is 7.84. The monoisotopic (exact) mass is 487 g/mol. The van der Waals surface area contributed by atoms with E-state index in [0.29, 0.717) is 16.8 Å². The molecule has 0 aliphatic carbocycles. The number of benzene rings is 2. The molecule has 0 aliphatic heterocycles. The zero-order valence-corrected chi connectivity index (χ0v) is 20.0. The lowest BCUT2D eigenvalue weighted by atomic mass is 10.1. The van der Waals surface area contributed by atoms with Crippen molar-refractivity contribution in [3.05, 3.63) is 77.4 Å². The highest BCUT2D eigenvalue weighted by molar-refractivity contribution is 7.92. The molecule has 0 fully saturated rings. The maximum absolute atomic E-state index is 13.5. The van der Waals surface area contributed by atoms with Gasteiger partial charge in [0.2, 0.25) is 0 Å². The van der Waals surface area contributed by atoms with Crippen LogP contribution in [0.2, 0.25) is 0 Å². The molecule has 0 aromatic heterocycles. The Morgan fingerprint density at radius 2 is 1.59 bits per heavy atom. The van der Waals surface area contributed by atoms with Crippen molar-refractivity contribution in [3.63, 3.8) is 0 Å². The molecule has 0 saturated heterocycles. The number of carbonyl (C=O) groups is 2. The number of carbonyl (C=O) groups excluding carboxylic acids is 4. The van der Waals surface area contributed by atoms with Crippen LogP contribution in [-0.4, -0.2) is 47.3 Å². The van der Waals surface area contributed by atoms with E-state index < -0.39 is 22.0 Å². The van der Waals surface area contributed by atoms with Gasteiger partial charge < -0.3 is 9.47 Å². The van der Waals surface area contributed by atoms with Crippen molar-refractivity contribution in [1.82, 2.24) is 0 Å². The van der Waals surface area contributed by atoms with Gasteiger partial charge in [0.1, 0.15) is 0 Å². The van der Waals surface area contributed by atoms with E-state index in [-0.39, 0.29) is 17.6 Å². The lowest BCUT2D eigenvalue weighted by molar-refractivity contribution is -0.191. The summed E-state index contributed by atoms with van der Waals surface area (Å²) in [7, 11) is -1.46. The molecule has 34 heavy (non-hydrogen) atoms. The number of methoxy groups -OCH3 is 2. The number of ether oxygens (including phenoxy) is 2. The summed E-state index contributed by atoms with van der Waals surface area (Å²) in [4.78, 5) is 39.7. The first-order chi connectivity index (χ1) is 16.1. The number of esters is 2. The molecule has 0 N–H and O–H groups in total. The van der Waals surface area contributed by atoms with Crippen molar-refractivity contribution in [1.29, 1.82) is 0 Å². The summed E-state index contributed by atoms with van der Waals surface area (Å²) in [5, 5.41) is 0. The van der Waals surface area contributed by atoms with Gasteiger partial charge in [-0.25, -0.2) is 18.0 Å². The van der Waals surface area contributed by atoms with Crippen LogP contribution in [0.3, 0.4) is 0 Å². The number of anilines is 1. The van der Waals surface area contributed by atoms with Crippen molar-refractivity contribution in [2.45, 2.75) is 18.7 Å². The van der Waals surface area contributed by atoms with E-state index in [1.165, 1.54) is 36.7 Å². The van der Waals surface area contributed by atoms with E-state index in [9.17, 15) is 18.0 Å². The third-order valence-electron chi connectivity index (χ3n) is 4.42. The summed E-state index contributed by atoms with van der Waals surface area (Å²) in [6.07, 6.45) is 4.38. The zero-order valence-electron chi connectivity index (χ0n) is 19.2. The number of sulfonamides is 1. The Labute approximate surface area is 198 Å². The molecule has 2 rings (SSSR count). The van der Waals surface area contributed by atoms with Gasteiger partial charge in [-0.3, -0.25) is 4.31 Å². The first-order valence-corrected chi connectivity index (χ1v) is 11.2. The van der Waals surface area contributed by atoms with Crippen LogP contribution in [0.25, 0.3) is 6.08 Å². The fourth-order valence-electron chi connectivity index (χ4n) is 2.77. The molecule has 2 aromatic carbocycles. The fourth-order valence-corrected chi connectivity index (χ4v) is 4.21. The third-order valence-corrected chi connectivity index (χ3v) is 6.21. The highest BCUT2D eigenvalue weighted by Gasteiger charge is 2.25. The fraction of sp³-hybridized carbons (Fsp3) is 0.208. The Balaban J connectivity index is 0.00000182. The SMILES string of the molecule is COC(=O)/C=C/CN(c1ccccc1/C=C(\C)C(=O)OC)S(=O)(=O)c1ccc(C)cc1.O=C=O. The molecule has 10 heteroatoms. The average molecular weight is 488 g/mol. The number of hydrogen-bond acceptors (Lipinski definition) is 8. The Morgan fingerprint density at radius 3 is 2.15 bits per heavy atom. The van der Waals surface area contributed by atoms with Gasteiger partial charge in [-0.1, -0.05) is 42.0 Å². The summed E-state index contributed by atoms with van der Waals surface area (Å²) >= 11 is 0. The van der Waals surface area contributed by atoms with E-state index in [2.05, 4.69) is 4.74 Å². The van der Waals surface area contributed by atoms with E-state index in [1.807, 2.05) is 6.92 Å². The van der Waals surface area contributed by atoms with Gasteiger partial charge in [0.15, 0.2) is 0 Å². The molecule has 180 valence electrons. The molecular weight excluding hydrogens is 462 g/mol. The summed E-state index contributed by atoms with van der Waals surface area (Å²) in [5.41, 5.74) is 2.09. The van der Waals surface area contributed by atoms with Gasteiger partial charge in [0.25, 0.3) is 10.0 Å². The largest absolute Gasteiger partial charge is 0.466 e. The van der Waals surface area contributed by atoms with Gasteiger partial charge in [0, 0.05) is 11.6 Å². The average Bonchev–Trinajstić information content (AvgIpc) is 2.82. The van der Waals surface area contributed by atoms with Gasteiger partial charge in [-0.15, -0.1) is 0 Å². The van der Waals surface area contributed by atoms with Crippen LogP contribution < -0.4 is 4.31 Å². The Kier molecular flexibility index (Phi) is 11.1. The second kappa shape index (κ2) is 13.5. The minimum Gasteiger partial charge on any atom is -0.466 e. The van der Waals surface area contributed by atoms with Crippen LogP contribution >= 0.6 is 0 Å². The summed E-state index contributed by atoms with van der Waals surface area (Å²) in [6.45, 7) is 3.33. The van der Waals surface area contributed by atoms with Crippen LogP contribution in [0.5, 0.6) is 0 Å². The number of hydrogen-bond donors (Lipinski definition) is 0. The lowest BCUT2D eigenvalue weighted by Crippen LogP contribution is -2.32. The van der Waals surface area contributed by atoms with Crippen molar-refractivity contribution in [3.8, 4) is 0 Å². The summed E-state index contributed by atoms with van der Waals surface area (Å²) in [5.74, 6) is -1.12. The second-order valence-corrected chi connectivity index (χ2v) is 8.60. The van der Waals surface area contributed by atoms with Crippen molar-refractivity contribution < 1.29 is 37.1 Å². The maximum Gasteiger partial charge on any atom is 0.373 e. The second-order valence-electron chi connectivity index (χ2n) is 6.74. The normalized spacial score (nSPS) is 11.1. The van der Waals surface area contributed by atoms with Crippen LogP contribution in [0.1, 0.15) is 18.1 Å². The van der Waals surface area contributed by atoms with Gasteiger partial charge in [-0.05, 0) is 43.7 Å². The van der Waals surface area contributed by atoms with Crippen LogP contribution in [-0.2, 0) is 38.7 Å². The van der Waals surface area contributed by atoms with Crippen molar-refractivity contribution in [2.75, 3.05) is 25.1 Å². The first-order valence-electron chi connectivity index (χ1n) is 9.81. The van der Waals surface area contributed by atoms with E-state index in [0.717, 1.165) is 11.6 Å². The van der Waals surface area contributed by atoms with Crippen LogP contribution in [0, 0.1) is 6.92 Å². The molecule has 0 spiro atoms. The Hall–Kier alpha value is -4.01. The molecule has 0 saturated carbocycles. The smallest absolute Gasteiger partial charge is 0.373 e. The molecule has 2 aromatic rings. The highest BCUT2D eigenvalue weighted by atomic mass is 32.2. The van der Waals surface area contributed by atoms with E-state index in [4.69, 9.17) is 14.3 Å². The number of nitrogens with zero attached hydrogens (tertiary/aromatic N) is 1. The minimum atomic E-state index is -3.98. The van der Waals surface area contributed by atoms with Crippen molar-refractivity contribution >= 4 is 39.9 Å². The van der Waals surface area contributed by atoms with Gasteiger partial charge in [0.05, 0.1) is 31.3 Å².